The normalized spacial score (nSPS) is 13.4. The number of halogens is 3. The van der Waals surface area contributed by atoms with E-state index in [4.69, 9.17) is 0 Å². The van der Waals surface area contributed by atoms with E-state index in [1.807, 2.05) is 0 Å². The predicted molar refractivity (Wildman–Crippen MR) is 70.8 cm³/mol. The zero-order chi connectivity index (χ0) is 15.4. The number of nitro groups is 1. The van der Waals surface area contributed by atoms with Gasteiger partial charge in [-0.25, -0.2) is 9.18 Å². The van der Waals surface area contributed by atoms with Gasteiger partial charge in [0.05, 0.1) is 16.5 Å². The third-order valence-corrected chi connectivity index (χ3v) is 3.09. The molecule has 0 bridgehead atoms. The van der Waals surface area contributed by atoms with E-state index in [0.717, 1.165) is 14.0 Å². The van der Waals surface area contributed by atoms with Crippen molar-refractivity contribution in [1.82, 2.24) is 0 Å². The van der Waals surface area contributed by atoms with Crippen LogP contribution in [0.3, 0.4) is 0 Å². The number of carbonyl (C=O) groups is 1. The van der Waals surface area contributed by atoms with Crippen molar-refractivity contribution in [2.24, 2.45) is 0 Å². The number of anilines is 1. The topological polar surface area (TPSA) is 81.5 Å². The number of esters is 1. The Bertz CT molecular complexity index is 539. The van der Waals surface area contributed by atoms with Crippen molar-refractivity contribution >= 4 is 33.3 Å². The summed E-state index contributed by atoms with van der Waals surface area (Å²) >= 11 is 2.81. The molecule has 1 rings (SSSR count). The molecule has 9 heteroatoms. The molecule has 0 aliphatic carbocycles. The van der Waals surface area contributed by atoms with Gasteiger partial charge in [0, 0.05) is 0 Å². The second kappa shape index (κ2) is 6.60. The maximum Gasteiger partial charge on any atom is 0.331 e. The SMILES string of the molecule is COC(=O)C(Nc1ccc(Br)c(F)c1[N+](=O)[O-])C(C)F. The van der Waals surface area contributed by atoms with E-state index < -0.39 is 34.6 Å². The van der Waals surface area contributed by atoms with E-state index in [1.54, 1.807) is 0 Å². The molecule has 0 spiro atoms. The third-order valence-electron chi connectivity index (χ3n) is 2.48. The first kappa shape index (κ1) is 16.3. The van der Waals surface area contributed by atoms with Gasteiger partial charge in [-0.2, -0.15) is 4.39 Å². The number of nitrogens with one attached hydrogen (secondary N) is 1. The molecule has 2 atom stereocenters. The van der Waals surface area contributed by atoms with Gasteiger partial charge in [-0.3, -0.25) is 10.1 Å². The van der Waals surface area contributed by atoms with Crippen LogP contribution < -0.4 is 5.32 Å². The second-order valence-corrected chi connectivity index (χ2v) is 4.69. The number of methoxy groups -OCH3 is 1. The van der Waals surface area contributed by atoms with Crippen molar-refractivity contribution in [2.75, 3.05) is 12.4 Å². The Morgan fingerprint density at radius 1 is 1.55 bits per heavy atom. The van der Waals surface area contributed by atoms with Crippen LogP contribution in [-0.2, 0) is 9.53 Å². The first-order chi connectivity index (χ1) is 9.29. The van der Waals surface area contributed by atoms with Crippen LogP contribution in [0.15, 0.2) is 16.6 Å². The second-order valence-electron chi connectivity index (χ2n) is 3.84. The minimum atomic E-state index is -1.69. The highest BCUT2D eigenvalue weighted by atomic mass is 79.9. The third kappa shape index (κ3) is 3.41. The van der Waals surface area contributed by atoms with Gasteiger partial charge >= 0.3 is 11.7 Å². The lowest BCUT2D eigenvalue weighted by Gasteiger charge is -2.18. The molecule has 0 fully saturated rings. The standard InChI is InChI=1S/C11H11BrF2N2O4/c1-5(13)9(11(17)20-2)15-7-4-3-6(12)8(14)10(7)16(18)19/h3-5,9,15H,1-2H3. The van der Waals surface area contributed by atoms with Gasteiger partial charge in [-0.15, -0.1) is 0 Å². The van der Waals surface area contributed by atoms with Gasteiger partial charge in [0.25, 0.3) is 0 Å². The highest BCUT2D eigenvalue weighted by molar-refractivity contribution is 9.10. The molecular weight excluding hydrogens is 342 g/mol. The minimum Gasteiger partial charge on any atom is -0.467 e. The zero-order valence-electron chi connectivity index (χ0n) is 10.5. The fourth-order valence-corrected chi connectivity index (χ4v) is 1.81. The highest BCUT2D eigenvalue weighted by Crippen LogP contribution is 2.33. The molecule has 1 N–H and O–H groups in total. The summed E-state index contributed by atoms with van der Waals surface area (Å²) in [5.41, 5.74) is -1.19. The van der Waals surface area contributed by atoms with E-state index >= 15 is 0 Å². The number of nitro benzene ring substituents is 1. The fourth-order valence-electron chi connectivity index (χ4n) is 1.49. The number of benzene rings is 1. The molecule has 0 radical (unpaired) electrons. The predicted octanol–water partition coefficient (Wildman–Crippen LogP) is 2.81. The molecule has 0 aliphatic rings. The van der Waals surface area contributed by atoms with Crippen LogP contribution in [0, 0.1) is 15.9 Å². The maximum absolute atomic E-state index is 13.7. The van der Waals surface area contributed by atoms with Crippen molar-refractivity contribution in [3.8, 4) is 0 Å². The largest absolute Gasteiger partial charge is 0.467 e. The van der Waals surface area contributed by atoms with Gasteiger partial charge in [0.2, 0.25) is 5.82 Å². The number of alkyl halides is 1. The summed E-state index contributed by atoms with van der Waals surface area (Å²) in [7, 11) is 1.05. The molecule has 1 aromatic carbocycles. The smallest absolute Gasteiger partial charge is 0.331 e. The number of carbonyl (C=O) groups excluding carboxylic acids is 1. The molecular formula is C11H11BrF2N2O4. The average Bonchev–Trinajstić information content (AvgIpc) is 2.38. The molecule has 0 aromatic heterocycles. The number of hydrogen-bond acceptors (Lipinski definition) is 5. The summed E-state index contributed by atoms with van der Waals surface area (Å²) in [5.74, 6) is -2.06. The van der Waals surface area contributed by atoms with Crippen LogP contribution in [-0.4, -0.2) is 30.2 Å². The van der Waals surface area contributed by atoms with Crippen molar-refractivity contribution in [1.29, 1.82) is 0 Å². The van der Waals surface area contributed by atoms with E-state index in [2.05, 4.69) is 26.0 Å². The Labute approximate surface area is 121 Å². The van der Waals surface area contributed by atoms with E-state index in [1.165, 1.54) is 12.1 Å². The van der Waals surface area contributed by atoms with Gasteiger partial charge in [0.15, 0.2) is 6.04 Å². The minimum absolute atomic E-state index is 0.113. The summed E-state index contributed by atoms with van der Waals surface area (Å²) in [5, 5.41) is 13.2. The maximum atomic E-state index is 13.7. The van der Waals surface area contributed by atoms with Crippen LogP contribution in [0.2, 0.25) is 0 Å². The molecule has 20 heavy (non-hydrogen) atoms. The average molecular weight is 353 g/mol. The monoisotopic (exact) mass is 352 g/mol. The first-order valence-electron chi connectivity index (χ1n) is 5.40. The summed E-state index contributed by atoms with van der Waals surface area (Å²) in [4.78, 5) is 21.3. The summed E-state index contributed by atoms with van der Waals surface area (Å²) in [6, 6.07) is 0.908. The molecule has 2 unspecified atom stereocenters. The number of ether oxygens (including phenoxy) is 1. The Morgan fingerprint density at radius 2 is 2.15 bits per heavy atom. The summed E-state index contributed by atoms with van der Waals surface area (Å²) in [6.07, 6.45) is -1.69. The summed E-state index contributed by atoms with van der Waals surface area (Å²) < 4.78 is 31.3. The van der Waals surface area contributed by atoms with Crippen LogP contribution in [0.25, 0.3) is 0 Å². The lowest BCUT2D eigenvalue weighted by atomic mass is 10.1. The molecule has 0 amide bonds. The van der Waals surface area contributed by atoms with Crippen molar-refractivity contribution in [2.45, 2.75) is 19.1 Å². The first-order valence-corrected chi connectivity index (χ1v) is 6.19. The molecule has 0 saturated heterocycles. The van der Waals surface area contributed by atoms with E-state index in [0.29, 0.717) is 0 Å². The number of rotatable bonds is 5. The molecule has 110 valence electrons. The van der Waals surface area contributed by atoms with Gasteiger partial charge in [-0.1, -0.05) is 0 Å². The molecule has 1 aromatic rings. The lowest BCUT2D eigenvalue weighted by molar-refractivity contribution is -0.386. The highest BCUT2D eigenvalue weighted by Gasteiger charge is 2.30. The lowest BCUT2D eigenvalue weighted by Crippen LogP contribution is -2.38. The van der Waals surface area contributed by atoms with Crippen molar-refractivity contribution in [3.63, 3.8) is 0 Å². The van der Waals surface area contributed by atoms with Gasteiger partial charge < -0.3 is 10.1 Å². The molecule has 6 nitrogen and oxygen atoms in total. The van der Waals surface area contributed by atoms with Crippen LogP contribution in [0.4, 0.5) is 20.2 Å². The number of nitrogens with zero attached hydrogens (tertiary/aromatic N) is 1. The zero-order valence-corrected chi connectivity index (χ0v) is 12.1. The quantitative estimate of drug-likeness (QED) is 0.500. The Balaban J connectivity index is 3.23. The van der Waals surface area contributed by atoms with Gasteiger partial charge in [0.1, 0.15) is 11.9 Å². The van der Waals surface area contributed by atoms with Crippen LogP contribution in [0.1, 0.15) is 6.92 Å². The van der Waals surface area contributed by atoms with E-state index in [-0.39, 0.29) is 10.2 Å². The molecule has 0 aliphatic heterocycles. The van der Waals surface area contributed by atoms with Gasteiger partial charge in [-0.05, 0) is 35.0 Å². The fraction of sp³-hybridized carbons (Fsp3) is 0.364. The number of hydrogen-bond donors (Lipinski definition) is 1. The Kier molecular flexibility index (Phi) is 5.37. The van der Waals surface area contributed by atoms with E-state index in [9.17, 15) is 23.7 Å². The van der Waals surface area contributed by atoms with Crippen molar-refractivity contribution < 1.29 is 23.2 Å². The van der Waals surface area contributed by atoms with Crippen LogP contribution >= 0.6 is 15.9 Å². The van der Waals surface area contributed by atoms with Crippen LogP contribution in [0.5, 0.6) is 0 Å². The molecule has 0 saturated carbocycles. The summed E-state index contributed by atoms with van der Waals surface area (Å²) in [6.45, 7) is 1.08. The molecule has 0 heterocycles. The Hall–Kier alpha value is -1.77. The Morgan fingerprint density at radius 3 is 2.60 bits per heavy atom. The van der Waals surface area contributed by atoms with Crippen molar-refractivity contribution in [3.05, 3.63) is 32.5 Å².